The second-order valence-corrected chi connectivity index (χ2v) is 16.0. The fourth-order valence-corrected chi connectivity index (χ4v) is 8.07. The van der Waals surface area contributed by atoms with Crippen molar-refractivity contribution in [3.63, 3.8) is 0 Å². The van der Waals surface area contributed by atoms with Crippen LogP contribution in [0.15, 0.2) is 48.6 Å². The Bertz CT molecular complexity index is 2900. The van der Waals surface area contributed by atoms with E-state index in [-0.39, 0.29) is 78.5 Å². The van der Waals surface area contributed by atoms with Crippen LogP contribution in [0.1, 0.15) is 73.3 Å². The molecule has 24 heteroatoms. The first kappa shape index (κ1) is 49.7. The summed E-state index contributed by atoms with van der Waals surface area (Å²) in [7, 11) is 2.78. The van der Waals surface area contributed by atoms with Gasteiger partial charge in [0.25, 0.3) is 11.8 Å². The number of aromatic nitrogens is 8. The number of nitrogens with zero attached hydrogens (tertiary/aromatic N) is 8. The number of aryl methyl sites for hydroxylation is 4. The summed E-state index contributed by atoms with van der Waals surface area (Å²) in [4.78, 5) is 61.9. The molecule has 2 aromatic carbocycles. The summed E-state index contributed by atoms with van der Waals surface area (Å²) >= 11 is 0. The number of hydrogen-bond donors (Lipinski definition) is 7. The van der Waals surface area contributed by atoms with Crippen molar-refractivity contribution in [2.75, 3.05) is 44.7 Å². The molecule has 24 nitrogen and oxygen atoms in total. The molecule has 0 spiro atoms. The van der Waals surface area contributed by atoms with E-state index in [1.807, 2.05) is 13.8 Å². The van der Waals surface area contributed by atoms with Crippen LogP contribution in [0.2, 0.25) is 0 Å². The molecular formula is C45H56N12O12. The van der Waals surface area contributed by atoms with Crippen molar-refractivity contribution in [3.8, 4) is 11.5 Å². The first-order valence-corrected chi connectivity index (χ1v) is 22.1. The summed E-state index contributed by atoms with van der Waals surface area (Å²) in [6, 6.07) is 9.25. The molecule has 1 saturated heterocycles. The number of aliphatic hydroxyl groups excluding tert-OH is 3. The number of anilines is 2. The highest BCUT2D eigenvalue weighted by Crippen LogP contribution is 2.33. The molecule has 0 aliphatic carbocycles. The highest BCUT2D eigenvalue weighted by Gasteiger charge is 2.45. The predicted molar refractivity (Wildman–Crippen MR) is 248 cm³/mol. The van der Waals surface area contributed by atoms with Gasteiger partial charge in [-0.15, -0.1) is 0 Å². The lowest BCUT2D eigenvalue weighted by atomic mass is 9.99. The first-order valence-electron chi connectivity index (χ1n) is 22.1. The number of rotatable bonds is 21. The van der Waals surface area contributed by atoms with Gasteiger partial charge in [-0.3, -0.25) is 39.2 Å². The zero-order chi connectivity index (χ0) is 49.7. The van der Waals surface area contributed by atoms with Crippen molar-refractivity contribution in [2.45, 2.75) is 91.0 Å². The molecule has 1 aliphatic heterocycles. The van der Waals surface area contributed by atoms with E-state index in [0.717, 1.165) is 0 Å². The van der Waals surface area contributed by atoms with E-state index in [2.05, 4.69) is 25.8 Å². The summed E-state index contributed by atoms with van der Waals surface area (Å²) < 4.78 is 35.2. The van der Waals surface area contributed by atoms with Crippen LogP contribution in [0.3, 0.4) is 0 Å². The third kappa shape index (κ3) is 10.4. The standard InChI is InChI=1S/C45H56N12O12/c1-7-56-29(16-23(3)52-56)41(63)50-44-48-27-18-25(39(46)61)20-31(65-5)34(27)54(44)12-9-10-13-55-35-28(49-45(55)51-42(64)30-17-24(4)53-57(30)8-2)19-26(40(47)62)21-32(35)67-14-11-15-68-38-37(60)36(59)33(22-58)69-43(38)66-6/h9-10,16-21,33,36-38,43,58-60H,7-8,11-15,22H2,1-6H3,(H2,46,61)(H2,47,62)(H,48,50,63)(H,49,51,64)/b10-9+/t33-,36-,37+,38-,43+/m1/s1. The topological polar surface area (TPSA) is 323 Å². The number of ether oxygens (including phenoxy) is 5. The number of aliphatic hydroxyl groups is 3. The fraction of sp³-hybridized carbons (Fsp3) is 0.422. The largest absolute Gasteiger partial charge is 0.494 e. The number of methoxy groups -OCH3 is 2. The second kappa shape index (κ2) is 21.4. The Balaban J connectivity index is 1.22. The van der Waals surface area contributed by atoms with Crippen LogP contribution in [0.4, 0.5) is 11.9 Å². The Labute approximate surface area is 394 Å². The Morgan fingerprint density at radius 1 is 0.754 bits per heavy atom. The van der Waals surface area contributed by atoms with Gasteiger partial charge >= 0.3 is 0 Å². The predicted octanol–water partition coefficient (Wildman–Crippen LogP) is 1.64. The van der Waals surface area contributed by atoms with Crippen LogP contribution < -0.4 is 31.6 Å². The van der Waals surface area contributed by atoms with Gasteiger partial charge in [0.1, 0.15) is 58.3 Å². The minimum Gasteiger partial charge on any atom is -0.494 e. The molecule has 7 rings (SSSR count). The maximum atomic E-state index is 13.9. The number of amides is 4. The van der Waals surface area contributed by atoms with Gasteiger partial charge in [0.05, 0.1) is 49.4 Å². The SMILES string of the molecule is CCn1nc(C)cc1C(=O)Nc1nc2cc(C(N)=O)cc(OC)c2n1C/C=C/Cn1c(NC(=O)c2cc(C)nn2CC)nc2cc(C(N)=O)cc(OCCCO[C@H]3[C@@H](OC)O[C@H](CO)[C@@H](O)[C@@H]3O)c21. The minimum absolute atomic E-state index is 0.00975. The average Bonchev–Trinajstić information content (AvgIpc) is 4.10. The molecule has 4 aromatic heterocycles. The Morgan fingerprint density at radius 2 is 1.26 bits per heavy atom. The van der Waals surface area contributed by atoms with Gasteiger partial charge in [-0.05, 0) is 64.1 Å². The molecule has 0 bridgehead atoms. The molecule has 69 heavy (non-hydrogen) atoms. The van der Waals surface area contributed by atoms with Crippen LogP contribution in [0.25, 0.3) is 22.1 Å². The number of carbonyl (C=O) groups excluding carboxylic acids is 4. The lowest BCUT2D eigenvalue weighted by molar-refractivity contribution is -0.303. The molecule has 0 radical (unpaired) electrons. The van der Waals surface area contributed by atoms with E-state index in [1.54, 1.807) is 56.6 Å². The number of allylic oxidation sites excluding steroid dienone is 2. The average molecular weight is 957 g/mol. The maximum Gasteiger partial charge on any atom is 0.276 e. The number of nitrogens with one attached hydrogen (secondary N) is 2. The first-order chi connectivity index (χ1) is 33.1. The lowest BCUT2D eigenvalue weighted by Crippen LogP contribution is -2.59. The van der Waals surface area contributed by atoms with Crippen molar-refractivity contribution in [1.82, 2.24) is 38.7 Å². The van der Waals surface area contributed by atoms with Gasteiger partial charge in [-0.25, -0.2) is 9.97 Å². The molecule has 1 aliphatic rings. The van der Waals surface area contributed by atoms with Gasteiger partial charge in [-0.2, -0.15) is 10.2 Å². The minimum atomic E-state index is -1.42. The molecule has 4 amide bonds. The number of imidazole rings is 2. The molecule has 0 saturated carbocycles. The maximum absolute atomic E-state index is 13.9. The van der Waals surface area contributed by atoms with E-state index < -0.39 is 60.9 Å². The van der Waals surface area contributed by atoms with Crippen LogP contribution in [-0.2, 0) is 40.4 Å². The van der Waals surface area contributed by atoms with Crippen LogP contribution in [-0.4, -0.2) is 142 Å². The lowest BCUT2D eigenvalue weighted by Gasteiger charge is -2.41. The number of nitrogens with two attached hydrogens (primary N) is 2. The van der Waals surface area contributed by atoms with E-state index in [9.17, 15) is 34.5 Å². The van der Waals surface area contributed by atoms with Crippen molar-refractivity contribution in [2.24, 2.45) is 11.5 Å². The molecule has 9 N–H and O–H groups in total. The molecular weight excluding hydrogens is 901 g/mol. The van der Waals surface area contributed by atoms with E-state index in [4.69, 9.17) is 40.1 Å². The third-order valence-corrected chi connectivity index (χ3v) is 11.4. The van der Waals surface area contributed by atoms with E-state index in [0.29, 0.717) is 46.7 Å². The van der Waals surface area contributed by atoms with Crippen LogP contribution in [0, 0.1) is 13.8 Å². The van der Waals surface area contributed by atoms with Crippen LogP contribution >= 0.6 is 0 Å². The molecule has 5 heterocycles. The fourth-order valence-electron chi connectivity index (χ4n) is 8.07. The van der Waals surface area contributed by atoms with Gasteiger partial charge in [-0.1, -0.05) is 12.2 Å². The van der Waals surface area contributed by atoms with Crippen molar-refractivity contribution in [3.05, 3.63) is 82.5 Å². The van der Waals surface area contributed by atoms with Crippen molar-refractivity contribution < 1.29 is 58.2 Å². The number of hydrogen-bond acceptors (Lipinski definition) is 16. The summed E-state index contributed by atoms with van der Waals surface area (Å²) in [6.45, 7) is 7.79. The Kier molecular flexibility index (Phi) is 15.4. The highest BCUT2D eigenvalue weighted by molar-refractivity contribution is 6.05. The molecule has 0 unspecified atom stereocenters. The number of benzene rings is 2. The zero-order valence-corrected chi connectivity index (χ0v) is 38.9. The highest BCUT2D eigenvalue weighted by atomic mass is 16.7. The van der Waals surface area contributed by atoms with Crippen LogP contribution in [0.5, 0.6) is 11.5 Å². The number of primary amides is 2. The Morgan fingerprint density at radius 3 is 1.72 bits per heavy atom. The van der Waals surface area contributed by atoms with Gasteiger partial charge in [0, 0.05) is 50.8 Å². The smallest absolute Gasteiger partial charge is 0.276 e. The second-order valence-electron chi connectivity index (χ2n) is 16.0. The normalized spacial score (nSPS) is 18.3. The van der Waals surface area contributed by atoms with Gasteiger partial charge in [0.2, 0.25) is 23.7 Å². The quantitative estimate of drug-likeness (QED) is 0.0398. The van der Waals surface area contributed by atoms with Crippen molar-refractivity contribution >= 4 is 57.6 Å². The zero-order valence-electron chi connectivity index (χ0n) is 38.9. The Hall–Kier alpha value is -7.22. The summed E-state index contributed by atoms with van der Waals surface area (Å²) in [5.41, 5.74) is 15.0. The van der Waals surface area contributed by atoms with Crippen molar-refractivity contribution in [1.29, 1.82) is 0 Å². The summed E-state index contributed by atoms with van der Waals surface area (Å²) in [5, 5.41) is 45.3. The molecule has 6 aromatic rings. The third-order valence-electron chi connectivity index (χ3n) is 11.4. The summed E-state index contributed by atoms with van der Waals surface area (Å²) in [6.07, 6.45) is -2.24. The van der Waals surface area contributed by atoms with Gasteiger partial charge in [0.15, 0.2) is 6.29 Å². The monoisotopic (exact) mass is 956 g/mol. The molecule has 368 valence electrons. The van der Waals surface area contributed by atoms with Gasteiger partial charge < -0.3 is 59.6 Å². The number of fused-ring (bicyclic) bond motifs is 2. The van der Waals surface area contributed by atoms with E-state index >= 15 is 0 Å². The molecule has 1 fully saturated rings. The molecule has 5 atom stereocenters. The van der Waals surface area contributed by atoms with E-state index in [1.165, 1.54) is 38.5 Å². The number of carbonyl (C=O) groups is 4. The summed E-state index contributed by atoms with van der Waals surface area (Å²) in [5.74, 6) is -1.73.